The van der Waals surface area contributed by atoms with Crippen molar-refractivity contribution in [1.29, 1.82) is 0 Å². The van der Waals surface area contributed by atoms with Crippen LogP contribution in [0.2, 0.25) is 0 Å². The minimum Gasteiger partial charge on any atom is -0.490 e. The Hall–Kier alpha value is -0.320. The van der Waals surface area contributed by atoms with Crippen LogP contribution in [0.1, 0.15) is 17.5 Å². The molecular formula is C10H10FIO. The van der Waals surface area contributed by atoms with Crippen molar-refractivity contribution in [3.63, 3.8) is 0 Å². The monoisotopic (exact) mass is 292 g/mol. The van der Waals surface area contributed by atoms with Gasteiger partial charge in [-0.05, 0) is 54.0 Å². The van der Waals surface area contributed by atoms with Gasteiger partial charge in [0, 0.05) is 9.13 Å². The molecule has 1 heterocycles. The van der Waals surface area contributed by atoms with Crippen molar-refractivity contribution < 1.29 is 9.13 Å². The molecule has 1 aliphatic rings. The van der Waals surface area contributed by atoms with Gasteiger partial charge in [0.05, 0.1) is 6.61 Å². The maximum Gasteiger partial charge on any atom is 0.166 e. The molecule has 3 heteroatoms. The van der Waals surface area contributed by atoms with Crippen LogP contribution in [0.5, 0.6) is 5.75 Å². The van der Waals surface area contributed by atoms with Gasteiger partial charge < -0.3 is 4.74 Å². The number of ether oxygens (including phenoxy) is 1. The third-order valence-corrected chi connectivity index (χ3v) is 3.49. The Morgan fingerprint density at radius 3 is 3.08 bits per heavy atom. The summed E-state index contributed by atoms with van der Waals surface area (Å²) in [5, 5.41) is 0. The van der Waals surface area contributed by atoms with Gasteiger partial charge in [-0.2, -0.15) is 0 Å². The maximum atomic E-state index is 13.4. The summed E-state index contributed by atoms with van der Waals surface area (Å²) in [6, 6.07) is 1.54. The second-order valence-electron chi connectivity index (χ2n) is 3.22. The molecule has 0 unspecified atom stereocenters. The summed E-state index contributed by atoms with van der Waals surface area (Å²) in [4.78, 5) is 0. The van der Waals surface area contributed by atoms with Crippen molar-refractivity contribution in [1.82, 2.24) is 0 Å². The average molecular weight is 292 g/mol. The Morgan fingerprint density at radius 2 is 2.31 bits per heavy atom. The molecule has 0 fully saturated rings. The zero-order chi connectivity index (χ0) is 9.42. The van der Waals surface area contributed by atoms with E-state index in [0.717, 1.165) is 27.5 Å². The quantitative estimate of drug-likeness (QED) is 0.668. The lowest BCUT2D eigenvalue weighted by molar-refractivity contribution is 0.272. The van der Waals surface area contributed by atoms with Gasteiger partial charge in [-0.15, -0.1) is 0 Å². The summed E-state index contributed by atoms with van der Waals surface area (Å²) in [5.41, 5.74) is 2.22. The molecule has 2 rings (SSSR count). The van der Waals surface area contributed by atoms with Gasteiger partial charge in [0.15, 0.2) is 11.6 Å². The van der Waals surface area contributed by atoms with Crippen LogP contribution in [0.3, 0.4) is 0 Å². The summed E-state index contributed by atoms with van der Waals surface area (Å²) in [7, 11) is 0. The highest BCUT2D eigenvalue weighted by Gasteiger charge is 2.18. The topological polar surface area (TPSA) is 9.23 Å². The lowest BCUT2D eigenvalue weighted by Gasteiger charge is -2.20. The molecule has 0 aliphatic carbocycles. The van der Waals surface area contributed by atoms with E-state index in [9.17, 15) is 4.39 Å². The molecule has 1 nitrogen and oxygen atoms in total. The molecule has 0 aromatic heterocycles. The van der Waals surface area contributed by atoms with E-state index in [1.165, 1.54) is 0 Å². The normalized spacial score (nSPS) is 15.0. The largest absolute Gasteiger partial charge is 0.490 e. The lowest BCUT2D eigenvalue weighted by Crippen LogP contribution is -2.12. The fourth-order valence-electron chi connectivity index (χ4n) is 1.62. The molecule has 0 radical (unpaired) electrons. The number of rotatable bonds is 0. The van der Waals surface area contributed by atoms with Crippen molar-refractivity contribution >= 4 is 22.6 Å². The Labute approximate surface area is 90.4 Å². The van der Waals surface area contributed by atoms with Crippen molar-refractivity contribution in [3.05, 3.63) is 26.6 Å². The third kappa shape index (κ3) is 1.54. The maximum absolute atomic E-state index is 13.4. The second-order valence-corrected chi connectivity index (χ2v) is 4.39. The van der Waals surface area contributed by atoms with Crippen LogP contribution < -0.4 is 4.74 Å². The first kappa shape index (κ1) is 9.24. The Morgan fingerprint density at radius 1 is 1.54 bits per heavy atom. The predicted octanol–water partition coefficient (Wildman–Crippen LogP) is 3.06. The van der Waals surface area contributed by atoms with Crippen LogP contribution in [0.4, 0.5) is 4.39 Å². The number of hydrogen-bond acceptors (Lipinski definition) is 1. The molecular weight excluding hydrogens is 282 g/mol. The fourth-order valence-corrected chi connectivity index (χ4v) is 2.22. The molecule has 0 saturated heterocycles. The average Bonchev–Trinajstić information content (AvgIpc) is 2.15. The van der Waals surface area contributed by atoms with E-state index in [1.54, 1.807) is 6.07 Å². The number of fused-ring (bicyclic) bond motifs is 1. The highest BCUT2D eigenvalue weighted by molar-refractivity contribution is 14.1. The highest BCUT2D eigenvalue weighted by Crippen LogP contribution is 2.33. The van der Waals surface area contributed by atoms with Gasteiger partial charge in [0.1, 0.15) is 0 Å². The van der Waals surface area contributed by atoms with Crippen molar-refractivity contribution in [2.24, 2.45) is 0 Å². The van der Waals surface area contributed by atoms with E-state index in [0.29, 0.717) is 12.4 Å². The smallest absolute Gasteiger partial charge is 0.166 e. The van der Waals surface area contributed by atoms with E-state index in [1.807, 2.05) is 6.92 Å². The van der Waals surface area contributed by atoms with Crippen LogP contribution in [-0.4, -0.2) is 6.61 Å². The van der Waals surface area contributed by atoms with Crippen LogP contribution in [-0.2, 0) is 6.42 Å². The minimum atomic E-state index is -0.218. The van der Waals surface area contributed by atoms with Crippen LogP contribution >= 0.6 is 22.6 Å². The Bertz CT molecular complexity index is 349. The molecule has 1 aliphatic heterocycles. The summed E-state index contributed by atoms with van der Waals surface area (Å²) in [5.74, 6) is 0.258. The second kappa shape index (κ2) is 3.44. The lowest BCUT2D eigenvalue weighted by atomic mass is 10.0. The highest BCUT2D eigenvalue weighted by atomic mass is 127. The minimum absolute atomic E-state index is 0.218. The Balaban J connectivity index is 2.63. The van der Waals surface area contributed by atoms with Crippen LogP contribution in [0.25, 0.3) is 0 Å². The van der Waals surface area contributed by atoms with Gasteiger partial charge in [-0.25, -0.2) is 4.39 Å². The molecule has 0 N–H and O–H groups in total. The molecule has 0 atom stereocenters. The van der Waals surface area contributed by atoms with E-state index in [2.05, 4.69) is 22.6 Å². The number of hydrogen-bond donors (Lipinski definition) is 0. The first-order valence-corrected chi connectivity index (χ1v) is 5.38. The molecule has 1 aromatic rings. The zero-order valence-corrected chi connectivity index (χ0v) is 9.52. The van der Waals surface area contributed by atoms with Crippen LogP contribution in [0, 0.1) is 16.3 Å². The summed E-state index contributed by atoms with van der Waals surface area (Å²) < 4.78 is 19.7. The van der Waals surface area contributed by atoms with Gasteiger partial charge >= 0.3 is 0 Å². The van der Waals surface area contributed by atoms with Crippen molar-refractivity contribution in [2.75, 3.05) is 6.61 Å². The van der Waals surface area contributed by atoms with E-state index in [4.69, 9.17) is 4.74 Å². The number of benzene rings is 1. The van der Waals surface area contributed by atoms with E-state index in [-0.39, 0.29) is 5.82 Å². The Kier molecular flexibility index (Phi) is 2.45. The molecule has 0 bridgehead atoms. The first-order valence-electron chi connectivity index (χ1n) is 4.30. The van der Waals surface area contributed by atoms with Gasteiger partial charge in [0.25, 0.3) is 0 Å². The molecule has 70 valence electrons. The molecule has 0 saturated carbocycles. The van der Waals surface area contributed by atoms with Gasteiger partial charge in [-0.1, -0.05) is 0 Å². The summed E-state index contributed by atoms with van der Waals surface area (Å²) in [6.07, 6.45) is 1.93. The third-order valence-electron chi connectivity index (χ3n) is 2.37. The summed E-state index contributed by atoms with van der Waals surface area (Å²) in [6.45, 7) is 2.67. The standard InChI is InChI=1S/C10H10FIO/c1-6-7-3-2-4-13-10(7)8(11)5-9(6)12/h5H,2-4H2,1H3. The SMILES string of the molecule is Cc1c(I)cc(F)c2c1CCCO2. The van der Waals surface area contributed by atoms with Gasteiger partial charge in [0.2, 0.25) is 0 Å². The van der Waals surface area contributed by atoms with Crippen LogP contribution in [0.15, 0.2) is 6.07 Å². The molecule has 1 aromatic carbocycles. The predicted molar refractivity (Wildman–Crippen MR) is 57.7 cm³/mol. The molecule has 0 spiro atoms. The molecule has 13 heavy (non-hydrogen) atoms. The van der Waals surface area contributed by atoms with E-state index >= 15 is 0 Å². The fraction of sp³-hybridized carbons (Fsp3) is 0.400. The van der Waals surface area contributed by atoms with Gasteiger partial charge in [-0.3, -0.25) is 0 Å². The zero-order valence-electron chi connectivity index (χ0n) is 7.36. The van der Waals surface area contributed by atoms with Crippen molar-refractivity contribution in [2.45, 2.75) is 19.8 Å². The molecule has 0 amide bonds. The first-order chi connectivity index (χ1) is 6.20. The number of halogens is 2. The van der Waals surface area contributed by atoms with E-state index < -0.39 is 0 Å². The van der Waals surface area contributed by atoms with Crippen molar-refractivity contribution in [3.8, 4) is 5.75 Å². The summed E-state index contributed by atoms with van der Waals surface area (Å²) >= 11 is 2.16.